The normalized spacial score (nSPS) is 10.4. The average Bonchev–Trinajstić information content (AvgIpc) is 2.81. The second kappa shape index (κ2) is 11.0. The van der Waals surface area contributed by atoms with Gasteiger partial charge in [0.15, 0.2) is 0 Å². The van der Waals surface area contributed by atoms with Crippen molar-refractivity contribution in [2.75, 3.05) is 48.5 Å². The van der Waals surface area contributed by atoms with Gasteiger partial charge in [0, 0.05) is 44.1 Å². The van der Waals surface area contributed by atoms with Gasteiger partial charge in [-0.3, -0.25) is 4.79 Å². The number of carbonyl (C=O) groups is 2. The summed E-state index contributed by atoms with van der Waals surface area (Å²) in [6, 6.07) is 21.2. The smallest absolute Gasteiger partial charge is 0.322 e. The number of nitrogens with two attached hydrogens (primary N) is 1. The van der Waals surface area contributed by atoms with Crippen LogP contribution in [0.2, 0.25) is 0 Å². The maximum Gasteiger partial charge on any atom is 0.322 e. The van der Waals surface area contributed by atoms with Gasteiger partial charge in [0.05, 0.1) is 18.0 Å². The van der Waals surface area contributed by atoms with Crippen molar-refractivity contribution >= 4 is 34.7 Å². The van der Waals surface area contributed by atoms with Crippen LogP contribution < -0.4 is 21.3 Å². The maximum atomic E-state index is 12.8. The van der Waals surface area contributed by atoms with Crippen molar-refractivity contribution in [3.63, 3.8) is 0 Å². The first-order valence-electron chi connectivity index (χ1n) is 10.6. The first-order chi connectivity index (χ1) is 15.9. The zero-order valence-electron chi connectivity index (χ0n) is 18.8. The molecule has 33 heavy (non-hydrogen) atoms. The maximum absolute atomic E-state index is 12.8. The van der Waals surface area contributed by atoms with Crippen molar-refractivity contribution in [3.8, 4) is 0 Å². The average molecular weight is 448 g/mol. The van der Waals surface area contributed by atoms with Crippen LogP contribution in [0.3, 0.4) is 0 Å². The van der Waals surface area contributed by atoms with Crippen molar-refractivity contribution in [3.05, 3.63) is 83.9 Å². The Balaban J connectivity index is 1.63. The number of hydrogen-bond donors (Lipinski definition) is 4. The lowest BCUT2D eigenvalue weighted by Gasteiger charge is -2.23. The van der Waals surface area contributed by atoms with Crippen LogP contribution in [0, 0.1) is 0 Å². The van der Waals surface area contributed by atoms with E-state index in [1.54, 1.807) is 48.5 Å². The summed E-state index contributed by atoms with van der Waals surface area (Å²) in [5, 5.41) is 15.1. The van der Waals surface area contributed by atoms with E-state index in [0.29, 0.717) is 22.6 Å². The number of aliphatic hydroxyl groups is 1. The molecule has 0 fully saturated rings. The van der Waals surface area contributed by atoms with E-state index in [4.69, 9.17) is 5.73 Å². The zero-order valence-corrected chi connectivity index (χ0v) is 18.8. The second-order valence-electron chi connectivity index (χ2n) is 7.75. The van der Waals surface area contributed by atoms with Crippen LogP contribution in [0.25, 0.3) is 0 Å². The van der Waals surface area contributed by atoms with Crippen molar-refractivity contribution < 1.29 is 14.7 Å². The fourth-order valence-corrected chi connectivity index (χ4v) is 3.21. The second-order valence-corrected chi connectivity index (χ2v) is 7.75. The number of para-hydroxylation sites is 2. The molecule has 0 aromatic heterocycles. The molecule has 0 atom stereocenters. The summed E-state index contributed by atoms with van der Waals surface area (Å²) in [7, 11) is 3.89. The molecule has 0 bridgehead atoms. The predicted molar refractivity (Wildman–Crippen MR) is 133 cm³/mol. The van der Waals surface area contributed by atoms with Crippen LogP contribution in [0.15, 0.2) is 72.8 Å². The van der Waals surface area contributed by atoms with E-state index >= 15 is 0 Å². The number of amides is 3. The van der Waals surface area contributed by atoms with Crippen LogP contribution >= 0.6 is 0 Å². The monoisotopic (exact) mass is 447 g/mol. The van der Waals surface area contributed by atoms with E-state index in [9.17, 15) is 14.7 Å². The SMILES string of the molecule is CN(C)c1ccc(NC(=O)N(CCO)Cc2ccc(C(=O)Nc3ccccc3N)cc2)cc1. The number of hydrogen-bond acceptors (Lipinski definition) is 5. The fraction of sp³-hybridized carbons (Fsp3) is 0.200. The van der Waals surface area contributed by atoms with Gasteiger partial charge < -0.3 is 31.3 Å². The minimum absolute atomic E-state index is 0.161. The van der Waals surface area contributed by atoms with Gasteiger partial charge in [0.1, 0.15) is 0 Å². The van der Waals surface area contributed by atoms with Gasteiger partial charge in [0.25, 0.3) is 5.91 Å². The molecule has 0 heterocycles. The number of nitrogens with one attached hydrogen (secondary N) is 2. The van der Waals surface area contributed by atoms with E-state index in [0.717, 1.165) is 11.3 Å². The molecular weight excluding hydrogens is 418 g/mol. The molecule has 0 radical (unpaired) electrons. The molecular formula is C25H29N5O3. The summed E-state index contributed by atoms with van der Waals surface area (Å²) >= 11 is 0. The third kappa shape index (κ3) is 6.47. The van der Waals surface area contributed by atoms with Crippen LogP contribution in [0.4, 0.5) is 27.5 Å². The summed E-state index contributed by atoms with van der Waals surface area (Å²) in [6.45, 7) is 0.304. The first kappa shape index (κ1) is 23.6. The molecule has 8 heteroatoms. The van der Waals surface area contributed by atoms with Crippen molar-refractivity contribution in [2.24, 2.45) is 0 Å². The summed E-state index contributed by atoms with van der Waals surface area (Å²) in [6.07, 6.45) is 0. The number of urea groups is 1. The molecule has 0 saturated heterocycles. The Morgan fingerprint density at radius 3 is 2.18 bits per heavy atom. The number of rotatable bonds is 8. The number of nitrogens with zero attached hydrogens (tertiary/aromatic N) is 2. The first-order valence-corrected chi connectivity index (χ1v) is 10.6. The summed E-state index contributed by atoms with van der Waals surface area (Å²) in [5.41, 5.74) is 9.92. The van der Waals surface area contributed by atoms with Crippen LogP contribution in [0.5, 0.6) is 0 Å². The van der Waals surface area contributed by atoms with Gasteiger partial charge in [0.2, 0.25) is 0 Å². The van der Waals surface area contributed by atoms with E-state index in [1.807, 2.05) is 43.3 Å². The Morgan fingerprint density at radius 1 is 0.909 bits per heavy atom. The van der Waals surface area contributed by atoms with Crippen molar-refractivity contribution in [2.45, 2.75) is 6.54 Å². The molecule has 0 saturated carbocycles. The predicted octanol–water partition coefficient (Wildman–Crippen LogP) is 3.61. The number of benzene rings is 3. The summed E-state index contributed by atoms with van der Waals surface area (Å²) in [4.78, 5) is 28.7. The third-order valence-corrected chi connectivity index (χ3v) is 5.09. The molecule has 0 spiro atoms. The molecule has 3 rings (SSSR count). The minimum atomic E-state index is -0.317. The largest absolute Gasteiger partial charge is 0.397 e. The lowest BCUT2D eigenvalue weighted by molar-refractivity contribution is 0.102. The molecule has 172 valence electrons. The number of nitrogen functional groups attached to an aromatic ring is 1. The topological polar surface area (TPSA) is 111 Å². The lowest BCUT2D eigenvalue weighted by atomic mass is 10.1. The van der Waals surface area contributed by atoms with Crippen LogP contribution in [-0.4, -0.2) is 49.2 Å². The molecule has 3 amide bonds. The van der Waals surface area contributed by atoms with Gasteiger partial charge in [-0.05, 0) is 54.1 Å². The van der Waals surface area contributed by atoms with E-state index in [2.05, 4.69) is 10.6 Å². The molecule has 3 aromatic carbocycles. The zero-order chi connectivity index (χ0) is 23.8. The molecule has 8 nitrogen and oxygen atoms in total. The molecule has 0 aliphatic rings. The van der Waals surface area contributed by atoms with Crippen molar-refractivity contribution in [1.82, 2.24) is 4.90 Å². The summed E-state index contributed by atoms with van der Waals surface area (Å²) in [5.74, 6) is -0.273. The lowest BCUT2D eigenvalue weighted by Crippen LogP contribution is -2.36. The van der Waals surface area contributed by atoms with Gasteiger partial charge >= 0.3 is 6.03 Å². The third-order valence-electron chi connectivity index (χ3n) is 5.09. The van der Waals surface area contributed by atoms with Crippen molar-refractivity contribution in [1.29, 1.82) is 0 Å². The highest BCUT2D eigenvalue weighted by atomic mass is 16.3. The van der Waals surface area contributed by atoms with Gasteiger partial charge in [-0.25, -0.2) is 4.79 Å². The molecule has 3 aromatic rings. The Bertz CT molecular complexity index is 1080. The number of aliphatic hydroxyl groups excluding tert-OH is 1. The van der Waals surface area contributed by atoms with Gasteiger partial charge in [-0.1, -0.05) is 24.3 Å². The van der Waals surface area contributed by atoms with Gasteiger partial charge in [-0.2, -0.15) is 0 Å². The highest BCUT2D eigenvalue weighted by Gasteiger charge is 2.15. The Hall–Kier alpha value is -4.04. The van der Waals surface area contributed by atoms with E-state index in [-0.39, 0.29) is 31.6 Å². The van der Waals surface area contributed by atoms with E-state index < -0.39 is 0 Å². The molecule has 0 aliphatic carbocycles. The minimum Gasteiger partial charge on any atom is -0.397 e. The quantitative estimate of drug-likeness (QED) is 0.394. The van der Waals surface area contributed by atoms with Crippen LogP contribution in [-0.2, 0) is 6.54 Å². The fourth-order valence-electron chi connectivity index (χ4n) is 3.21. The number of anilines is 4. The van der Waals surface area contributed by atoms with Crippen LogP contribution in [0.1, 0.15) is 15.9 Å². The standard InChI is InChI=1S/C25H29N5O3/c1-29(2)21-13-11-20(12-14-21)27-25(33)30(15-16-31)17-18-7-9-19(10-8-18)24(32)28-23-6-4-3-5-22(23)26/h3-14,31H,15-17,26H2,1-2H3,(H,27,33)(H,28,32). The number of carbonyl (C=O) groups excluding carboxylic acids is 2. The summed E-state index contributed by atoms with van der Waals surface area (Å²) < 4.78 is 0. The van der Waals surface area contributed by atoms with E-state index in [1.165, 1.54) is 4.90 Å². The Labute approximate surface area is 193 Å². The highest BCUT2D eigenvalue weighted by molar-refractivity contribution is 6.05. The Morgan fingerprint density at radius 2 is 1.58 bits per heavy atom. The molecule has 0 aliphatic heterocycles. The molecule has 0 unspecified atom stereocenters. The highest BCUT2D eigenvalue weighted by Crippen LogP contribution is 2.19. The van der Waals surface area contributed by atoms with Gasteiger partial charge in [-0.15, -0.1) is 0 Å². The Kier molecular flexibility index (Phi) is 7.88. The molecule has 5 N–H and O–H groups in total.